The summed E-state index contributed by atoms with van der Waals surface area (Å²) in [7, 11) is 0. The largest absolute Gasteiger partial charge is 0.507 e. The van der Waals surface area contributed by atoms with Crippen molar-refractivity contribution < 1.29 is 19.4 Å². The van der Waals surface area contributed by atoms with Gasteiger partial charge in [0, 0.05) is 12.1 Å². The number of aromatic hydroxyl groups is 1. The van der Waals surface area contributed by atoms with Gasteiger partial charge in [-0.25, -0.2) is 0 Å². The Hall–Kier alpha value is -2.63. The molecule has 0 atom stereocenters. The molecule has 1 N–H and O–H groups in total. The summed E-state index contributed by atoms with van der Waals surface area (Å²) >= 11 is 0. The van der Waals surface area contributed by atoms with Crippen LogP contribution >= 0.6 is 0 Å². The smallest absolute Gasteiger partial charge is 0.244 e. The fourth-order valence-corrected chi connectivity index (χ4v) is 1.38. The SMILES string of the molecule is Cc1c(/C=C/C(=O)c2ccccc2O)no[n+]1[O-]. The standard InChI is InChI=1S/C12H10N2O4/c1-8-10(13-18-14(8)17)6-7-12(16)9-4-2-3-5-11(9)15/h2-7,15H,1H3/b7-6+. The van der Waals surface area contributed by atoms with Crippen molar-refractivity contribution in [3.05, 3.63) is 52.5 Å². The zero-order chi connectivity index (χ0) is 13.1. The predicted molar refractivity (Wildman–Crippen MR) is 61.7 cm³/mol. The molecule has 92 valence electrons. The van der Waals surface area contributed by atoms with E-state index in [1.807, 2.05) is 0 Å². The van der Waals surface area contributed by atoms with Crippen LogP contribution in [0.2, 0.25) is 0 Å². The van der Waals surface area contributed by atoms with Crippen molar-refractivity contribution in [3.63, 3.8) is 0 Å². The molecule has 0 radical (unpaired) electrons. The van der Waals surface area contributed by atoms with Gasteiger partial charge in [0.05, 0.1) is 5.56 Å². The van der Waals surface area contributed by atoms with Gasteiger partial charge in [-0.15, -0.1) is 0 Å². The van der Waals surface area contributed by atoms with Crippen LogP contribution in [0, 0.1) is 12.1 Å². The molecule has 6 nitrogen and oxygen atoms in total. The first-order valence-corrected chi connectivity index (χ1v) is 5.16. The number of para-hydroxylation sites is 1. The Labute approximate surface area is 102 Å². The normalized spacial score (nSPS) is 10.9. The van der Waals surface area contributed by atoms with E-state index in [4.69, 9.17) is 0 Å². The van der Waals surface area contributed by atoms with Crippen molar-refractivity contribution in [2.45, 2.75) is 6.92 Å². The zero-order valence-corrected chi connectivity index (χ0v) is 9.53. The molecule has 0 spiro atoms. The molecule has 1 aromatic carbocycles. The van der Waals surface area contributed by atoms with Gasteiger partial charge in [-0.2, -0.15) is 0 Å². The lowest BCUT2D eigenvalue weighted by atomic mass is 10.1. The van der Waals surface area contributed by atoms with Crippen LogP contribution in [0.5, 0.6) is 5.75 Å². The fourth-order valence-electron chi connectivity index (χ4n) is 1.38. The van der Waals surface area contributed by atoms with Crippen molar-refractivity contribution >= 4 is 11.9 Å². The Kier molecular flexibility index (Phi) is 3.09. The van der Waals surface area contributed by atoms with Crippen LogP contribution in [0.15, 0.2) is 35.0 Å². The summed E-state index contributed by atoms with van der Waals surface area (Å²) in [6, 6.07) is 6.20. The van der Waals surface area contributed by atoms with Gasteiger partial charge in [0.2, 0.25) is 5.69 Å². The Morgan fingerprint density at radius 2 is 2.22 bits per heavy atom. The number of phenolic OH excluding ortho intramolecular Hbond substituents is 1. The molecule has 1 heterocycles. The lowest BCUT2D eigenvalue weighted by Gasteiger charge is -1.97. The van der Waals surface area contributed by atoms with Gasteiger partial charge in [-0.05, 0) is 29.2 Å². The van der Waals surface area contributed by atoms with Crippen LogP contribution in [0.4, 0.5) is 0 Å². The number of carbonyl (C=O) groups excluding carboxylic acids is 1. The summed E-state index contributed by atoms with van der Waals surface area (Å²) in [5.41, 5.74) is 0.718. The molecular weight excluding hydrogens is 236 g/mol. The van der Waals surface area contributed by atoms with Gasteiger partial charge in [0.15, 0.2) is 11.5 Å². The van der Waals surface area contributed by atoms with Gasteiger partial charge in [-0.1, -0.05) is 12.1 Å². The third-order valence-corrected chi connectivity index (χ3v) is 2.42. The van der Waals surface area contributed by atoms with Crippen LogP contribution in [0.25, 0.3) is 6.08 Å². The first-order chi connectivity index (χ1) is 8.59. The van der Waals surface area contributed by atoms with E-state index < -0.39 is 0 Å². The molecule has 0 aliphatic carbocycles. The van der Waals surface area contributed by atoms with Crippen LogP contribution in [-0.4, -0.2) is 16.0 Å². The number of rotatable bonds is 3. The van der Waals surface area contributed by atoms with Gasteiger partial charge in [0.25, 0.3) is 0 Å². The van der Waals surface area contributed by atoms with Crippen molar-refractivity contribution in [1.82, 2.24) is 5.16 Å². The second-order valence-corrected chi connectivity index (χ2v) is 3.62. The molecule has 2 rings (SSSR count). The topological polar surface area (TPSA) is 90.3 Å². The predicted octanol–water partition coefficient (Wildman–Crippen LogP) is 1.22. The van der Waals surface area contributed by atoms with E-state index in [9.17, 15) is 15.1 Å². The van der Waals surface area contributed by atoms with Crippen LogP contribution in [-0.2, 0) is 0 Å². The van der Waals surface area contributed by atoms with E-state index in [-0.39, 0.29) is 33.4 Å². The quantitative estimate of drug-likeness (QED) is 0.499. The lowest BCUT2D eigenvalue weighted by molar-refractivity contribution is -0.806. The first-order valence-electron chi connectivity index (χ1n) is 5.16. The van der Waals surface area contributed by atoms with Crippen molar-refractivity contribution in [2.75, 3.05) is 0 Å². The number of hydrogen-bond donors (Lipinski definition) is 1. The van der Waals surface area contributed by atoms with Gasteiger partial charge >= 0.3 is 0 Å². The zero-order valence-electron chi connectivity index (χ0n) is 9.53. The van der Waals surface area contributed by atoms with E-state index in [2.05, 4.69) is 9.79 Å². The molecular formula is C12H10N2O4. The van der Waals surface area contributed by atoms with E-state index in [1.165, 1.54) is 31.2 Å². The van der Waals surface area contributed by atoms with Crippen molar-refractivity contribution in [3.8, 4) is 5.75 Å². The second kappa shape index (κ2) is 4.70. The summed E-state index contributed by atoms with van der Waals surface area (Å²) < 4.78 is 4.36. The monoisotopic (exact) mass is 246 g/mol. The highest BCUT2D eigenvalue weighted by Crippen LogP contribution is 2.17. The van der Waals surface area contributed by atoms with Gasteiger partial charge in [-0.3, -0.25) is 9.42 Å². The minimum absolute atomic E-state index is 0.0945. The van der Waals surface area contributed by atoms with Crippen LogP contribution in [0.3, 0.4) is 0 Å². The highest BCUT2D eigenvalue weighted by Gasteiger charge is 2.12. The third kappa shape index (κ3) is 2.22. The Bertz CT molecular complexity index is 616. The summed E-state index contributed by atoms with van der Waals surface area (Å²) in [6.07, 6.45) is 2.59. The number of hydrogen-bond acceptors (Lipinski definition) is 5. The van der Waals surface area contributed by atoms with Gasteiger partial charge < -0.3 is 10.3 Å². The maximum atomic E-state index is 11.8. The van der Waals surface area contributed by atoms with Crippen molar-refractivity contribution in [2.24, 2.45) is 0 Å². The number of carbonyl (C=O) groups is 1. The molecule has 2 aromatic rings. The van der Waals surface area contributed by atoms with E-state index in [1.54, 1.807) is 12.1 Å². The minimum atomic E-state index is -0.382. The maximum Gasteiger partial charge on any atom is 0.244 e. The molecule has 0 saturated carbocycles. The van der Waals surface area contributed by atoms with Crippen molar-refractivity contribution in [1.29, 1.82) is 0 Å². The van der Waals surface area contributed by atoms with Gasteiger partial charge in [0.1, 0.15) is 5.75 Å². The van der Waals surface area contributed by atoms with Crippen LogP contribution in [0.1, 0.15) is 21.7 Å². The summed E-state index contributed by atoms with van der Waals surface area (Å²) in [5.74, 6) is -0.476. The average Bonchev–Trinajstić information content (AvgIpc) is 2.68. The number of nitrogens with zero attached hydrogens (tertiary/aromatic N) is 2. The molecule has 0 aliphatic heterocycles. The number of phenols is 1. The Balaban J connectivity index is 2.22. The summed E-state index contributed by atoms with van der Waals surface area (Å²) in [6.45, 7) is 1.52. The molecule has 1 aromatic heterocycles. The number of aromatic nitrogens is 2. The molecule has 0 aliphatic rings. The Morgan fingerprint density at radius 1 is 1.50 bits per heavy atom. The van der Waals surface area contributed by atoms with E-state index in [0.717, 1.165) is 0 Å². The molecule has 18 heavy (non-hydrogen) atoms. The number of benzene rings is 1. The minimum Gasteiger partial charge on any atom is -0.507 e. The number of ketones is 1. The first kappa shape index (κ1) is 11.8. The summed E-state index contributed by atoms with van der Waals surface area (Å²) in [5, 5.41) is 23.9. The second-order valence-electron chi connectivity index (χ2n) is 3.62. The highest BCUT2D eigenvalue weighted by atomic mass is 16.8. The highest BCUT2D eigenvalue weighted by molar-refractivity contribution is 6.08. The Morgan fingerprint density at radius 3 is 2.83 bits per heavy atom. The molecule has 0 amide bonds. The van der Waals surface area contributed by atoms with E-state index in [0.29, 0.717) is 0 Å². The van der Waals surface area contributed by atoms with Crippen LogP contribution < -0.4 is 4.90 Å². The molecule has 6 heteroatoms. The van der Waals surface area contributed by atoms with E-state index >= 15 is 0 Å². The number of allylic oxidation sites excluding steroid dienone is 1. The molecule has 0 unspecified atom stereocenters. The molecule has 0 bridgehead atoms. The fraction of sp³-hybridized carbons (Fsp3) is 0.0833. The summed E-state index contributed by atoms with van der Waals surface area (Å²) in [4.78, 5) is 12.0. The molecule has 0 saturated heterocycles. The lowest BCUT2D eigenvalue weighted by Crippen LogP contribution is -2.25. The third-order valence-electron chi connectivity index (χ3n) is 2.42. The average molecular weight is 246 g/mol. The maximum absolute atomic E-state index is 11.8. The molecule has 0 fully saturated rings.